The molecule has 3 heterocycles. The summed E-state index contributed by atoms with van der Waals surface area (Å²) in [7, 11) is 0. The molecule has 51 heavy (non-hydrogen) atoms. The topological polar surface area (TPSA) is 0 Å². The van der Waals surface area contributed by atoms with Crippen molar-refractivity contribution < 1.29 is 164 Å². The van der Waals surface area contributed by atoms with Gasteiger partial charge in [-0.15, -0.1) is 25.9 Å². The number of rotatable bonds is 5. The molecule has 0 bridgehead atoms. The Hall–Kier alpha value is 3.06. The van der Waals surface area contributed by atoms with Gasteiger partial charge in [0.1, 0.15) is 0 Å². The summed E-state index contributed by atoms with van der Waals surface area (Å²) in [4.78, 5) is 2.83. The van der Waals surface area contributed by atoms with Gasteiger partial charge in [-0.1, -0.05) is 96.4 Å². The van der Waals surface area contributed by atoms with Crippen LogP contribution in [-0.4, -0.2) is 0 Å². The fourth-order valence-electron chi connectivity index (χ4n) is 2.66. The van der Waals surface area contributed by atoms with E-state index in [1.54, 1.807) is 34.0 Å². The third-order valence-electron chi connectivity index (χ3n) is 5.05. The molecule has 0 spiro atoms. The minimum atomic E-state index is 0. The predicted octanol–water partition coefficient (Wildman–Crippen LogP) is 15.2. The Balaban J connectivity index is -0.0000000262. The Morgan fingerprint density at radius 1 is 0.471 bits per heavy atom. The molecule has 0 unspecified atom stereocenters. The van der Waals surface area contributed by atoms with Crippen LogP contribution in [0.3, 0.4) is 0 Å². The van der Waals surface area contributed by atoms with Crippen LogP contribution in [0.25, 0.3) is 0 Å². The first kappa shape index (κ1) is 94.8. The van der Waals surface area contributed by atoms with Crippen molar-refractivity contribution in [2.24, 2.45) is 0 Å². The first-order chi connectivity index (χ1) is 18.2. The van der Waals surface area contributed by atoms with Gasteiger partial charge in [0.2, 0.25) is 0 Å². The average molecular weight is 1130 g/mol. The molecule has 2 aromatic carbocycles. The minimum Gasteiger partial charge on any atom is -0.358 e. The molecule has 5 aromatic rings. The van der Waals surface area contributed by atoms with Gasteiger partial charge < -0.3 is 59.8 Å². The van der Waals surface area contributed by atoms with E-state index in [1.807, 2.05) is 53.9 Å². The van der Waals surface area contributed by atoms with Crippen LogP contribution in [0.1, 0.15) is 90.8 Å². The summed E-state index contributed by atoms with van der Waals surface area (Å²) in [6, 6.07) is 33.2. The van der Waals surface area contributed by atoms with Crippen molar-refractivity contribution in [3.63, 3.8) is 0 Å². The molecule has 0 atom stereocenters. The van der Waals surface area contributed by atoms with Gasteiger partial charge in [-0.25, -0.2) is 18.2 Å². The molecule has 0 aliphatic carbocycles. The van der Waals surface area contributed by atoms with E-state index in [0.29, 0.717) is 0 Å². The maximum atomic E-state index is 3.02. The number of thiophene rings is 3. The van der Waals surface area contributed by atoms with Gasteiger partial charge in [0.25, 0.3) is 0 Å². The molecule has 0 aliphatic heterocycles. The molecule has 0 fully saturated rings. The number of hydrogen-bond donors (Lipinski definition) is 0. The van der Waals surface area contributed by atoms with Gasteiger partial charge in [0.15, 0.2) is 0 Å². The zero-order valence-corrected chi connectivity index (χ0v) is 47.4. The molecular formula is C43H70S3Y5-10. The molecule has 0 saturated carbocycles. The molecule has 0 nitrogen and oxygen atoms in total. The van der Waals surface area contributed by atoms with Crippen molar-refractivity contribution >= 4 is 34.0 Å². The molecule has 8 heteroatoms. The molecule has 5 radical (unpaired) electrons. The second kappa shape index (κ2) is 70.8. The van der Waals surface area contributed by atoms with Crippen molar-refractivity contribution in [3.05, 3.63) is 176 Å². The summed E-state index contributed by atoms with van der Waals surface area (Å²) >= 11 is 5.10. The maximum Gasteiger partial charge on any atom is 0 e. The summed E-state index contributed by atoms with van der Waals surface area (Å²) in [5.74, 6) is 0. The molecule has 0 N–H and O–H groups in total. The fourth-order valence-corrected chi connectivity index (χ4v) is 4.49. The van der Waals surface area contributed by atoms with E-state index in [1.165, 1.54) is 26.4 Å². The van der Waals surface area contributed by atoms with E-state index in [-0.39, 0.29) is 230 Å². The van der Waals surface area contributed by atoms with Gasteiger partial charge in [-0.05, 0) is 0 Å². The van der Waals surface area contributed by atoms with E-state index in [2.05, 4.69) is 93.2 Å². The van der Waals surface area contributed by atoms with E-state index in [9.17, 15) is 0 Å². The molecule has 3 aromatic heterocycles. The Morgan fingerprint density at radius 3 is 1.24 bits per heavy atom. The predicted molar refractivity (Wildman–Crippen MR) is 226 cm³/mol. The van der Waals surface area contributed by atoms with Crippen molar-refractivity contribution in [1.82, 2.24) is 0 Å². The third-order valence-corrected chi connectivity index (χ3v) is 7.63. The normalized spacial score (nSPS) is 6.69. The number of benzene rings is 2. The first-order valence-corrected chi connectivity index (χ1v) is 15.5. The molecule has 0 saturated heterocycles. The summed E-state index contributed by atoms with van der Waals surface area (Å²) < 4.78 is 0. The first-order valence-electron chi connectivity index (χ1n) is 12.9. The van der Waals surface area contributed by atoms with E-state index in [4.69, 9.17) is 0 Å². The van der Waals surface area contributed by atoms with Crippen LogP contribution in [0.5, 0.6) is 0 Å². The fraction of sp³-hybridized carbons (Fsp3) is 0.326. The van der Waals surface area contributed by atoms with Gasteiger partial charge in [-0.3, -0.25) is 11.3 Å². The smallest absolute Gasteiger partial charge is 0 e. The van der Waals surface area contributed by atoms with E-state index >= 15 is 0 Å². The molecule has 285 valence electrons. The summed E-state index contributed by atoms with van der Waals surface area (Å²) in [6.07, 6.45) is 5.66. The summed E-state index contributed by atoms with van der Waals surface area (Å²) in [5.41, 5.74) is 4.13. The zero-order chi connectivity index (χ0) is 27.0. The van der Waals surface area contributed by atoms with Crippen LogP contribution in [0.2, 0.25) is 0 Å². The van der Waals surface area contributed by atoms with Gasteiger partial charge in [0.05, 0.1) is 0 Å². The van der Waals surface area contributed by atoms with Crippen molar-refractivity contribution in [2.75, 3.05) is 0 Å². The van der Waals surface area contributed by atoms with Gasteiger partial charge in [-0.2, -0.15) is 94.9 Å². The second-order valence-electron chi connectivity index (χ2n) is 7.69. The van der Waals surface area contributed by atoms with E-state index in [0.717, 1.165) is 32.1 Å². The van der Waals surface area contributed by atoms with Crippen LogP contribution >= 0.6 is 34.0 Å². The monoisotopic (exact) mass is 1130 g/mol. The summed E-state index contributed by atoms with van der Waals surface area (Å²) in [5, 5.41) is 10.2. The maximum absolute atomic E-state index is 3.02. The van der Waals surface area contributed by atoms with Crippen molar-refractivity contribution in [1.29, 1.82) is 0 Å². The Bertz CT molecular complexity index is 967. The molecule has 0 aliphatic rings. The van der Waals surface area contributed by atoms with Crippen LogP contribution in [-0.2, 0) is 196 Å². The van der Waals surface area contributed by atoms with Gasteiger partial charge in [0, 0.05) is 164 Å². The standard InChI is InChI=1S/2C8H9.3C6H7S.4CH4.5CH3.5Y/c2*1-2-8-6-4-3-5-7-8;1-2-6-3-4-7-5-6;2*1-2-6-4-3-5-7-6;;;;;;;;;;;;;;/h4-7H,2H2,1H3;3-4,6-7H,2H2,1H3;3,5H,2H2,1H3;4-5H,2H2,1H3;3-4H,2H2,1H3;4*1H4;5*1H3;;;;;/q5*-1;;;;;5*-1;;;;;. The number of hydrogen-bond acceptors (Lipinski definition) is 3. The zero-order valence-electron chi connectivity index (χ0n) is 30.7. The van der Waals surface area contributed by atoms with Gasteiger partial charge >= 0.3 is 0 Å². The Morgan fingerprint density at radius 2 is 1.00 bits per heavy atom. The summed E-state index contributed by atoms with van der Waals surface area (Å²) in [6.45, 7) is 10.7. The van der Waals surface area contributed by atoms with E-state index < -0.39 is 0 Å². The molecule has 0 amide bonds. The largest absolute Gasteiger partial charge is 0.358 e. The SMILES string of the molecule is C.C.C.C.CCc1c[c-]ccc1.CCc1c[c-]cs1.CCc1c[c-]sc1.CCc1cc[c-]cc1.CCc1cc[c-]s1.[CH3-].[CH3-].[CH3-].[CH3-].[CH3-].[Y].[Y].[Y].[Y].[Y]. The van der Waals surface area contributed by atoms with Crippen LogP contribution in [0, 0.1) is 66.1 Å². The third kappa shape index (κ3) is 55.2. The Kier molecular flexibility index (Phi) is 132. The van der Waals surface area contributed by atoms with Crippen LogP contribution < -0.4 is 0 Å². The number of aryl methyl sites for hydroxylation is 5. The molecular weight excluding hydrogens is 1060 g/mol. The minimum absolute atomic E-state index is 0. The molecule has 5 rings (SSSR count). The quantitative estimate of drug-likeness (QED) is 0.154. The van der Waals surface area contributed by atoms with Crippen molar-refractivity contribution in [3.8, 4) is 0 Å². The van der Waals surface area contributed by atoms with Crippen LogP contribution in [0.15, 0.2) is 83.6 Å². The van der Waals surface area contributed by atoms with Crippen LogP contribution in [0.4, 0.5) is 0 Å². The second-order valence-corrected chi connectivity index (χ2v) is 10.4. The van der Waals surface area contributed by atoms with Crippen molar-refractivity contribution in [2.45, 2.75) is 96.4 Å². The average Bonchev–Trinajstić information content (AvgIpc) is 3.79. The Labute approximate surface area is 462 Å².